The fourth-order valence-corrected chi connectivity index (χ4v) is 3.19. The quantitative estimate of drug-likeness (QED) is 0.522. The number of hydrogen-bond acceptors (Lipinski definition) is 3. The molecule has 0 aliphatic carbocycles. The highest BCUT2D eigenvalue weighted by molar-refractivity contribution is 7.79. The third-order valence-corrected chi connectivity index (χ3v) is 4.47. The van der Waals surface area contributed by atoms with Crippen LogP contribution in [0.1, 0.15) is 29.4 Å². The molecule has 0 spiro atoms. The molecule has 0 aliphatic heterocycles. The van der Waals surface area contributed by atoms with E-state index < -0.39 is 34.4 Å². The van der Waals surface area contributed by atoms with Crippen molar-refractivity contribution in [3.05, 3.63) is 47.0 Å². The first-order valence-electron chi connectivity index (χ1n) is 7.62. The Bertz CT molecular complexity index is 845. The lowest BCUT2D eigenvalue weighted by Crippen LogP contribution is -2.20. The second-order valence-corrected chi connectivity index (χ2v) is 6.84. The molecule has 0 bridgehead atoms. The van der Waals surface area contributed by atoms with Gasteiger partial charge in [0.25, 0.3) is 5.91 Å². The maximum atomic E-state index is 13.3. The van der Waals surface area contributed by atoms with Crippen molar-refractivity contribution in [1.29, 1.82) is 0 Å². The van der Waals surface area contributed by atoms with Crippen molar-refractivity contribution in [2.24, 2.45) is 12.8 Å². The zero-order chi connectivity index (χ0) is 19.6. The molecule has 0 saturated carbocycles. The molecule has 0 radical (unpaired) electrons. The number of nitrogens with one attached hydrogen (secondary N) is 1. The van der Waals surface area contributed by atoms with E-state index in [1.807, 2.05) is 0 Å². The minimum Gasteiger partial charge on any atom is -0.345 e. The minimum absolute atomic E-state index is 0.0493. The highest BCUT2D eigenvalue weighted by Gasteiger charge is 2.24. The lowest BCUT2D eigenvalue weighted by Gasteiger charge is -2.11. The van der Waals surface area contributed by atoms with Crippen LogP contribution in [0.25, 0.3) is 0 Å². The Kier molecular flexibility index (Phi) is 6.21. The van der Waals surface area contributed by atoms with Crippen molar-refractivity contribution in [3.8, 4) is 0 Å². The van der Waals surface area contributed by atoms with Crippen LogP contribution < -0.4 is 11.1 Å². The van der Waals surface area contributed by atoms with Crippen LogP contribution in [0.5, 0.6) is 0 Å². The first-order chi connectivity index (χ1) is 12.1. The zero-order valence-electron chi connectivity index (χ0n) is 14.1. The molecule has 1 amide bonds. The predicted octanol–water partition coefficient (Wildman–Crippen LogP) is 2.56. The Hall–Kier alpha value is -2.17. The maximum absolute atomic E-state index is 13.3. The number of amides is 1. The molecule has 4 N–H and O–H groups in total. The van der Waals surface area contributed by atoms with E-state index in [1.54, 1.807) is 6.92 Å². The van der Waals surface area contributed by atoms with Gasteiger partial charge >= 0.3 is 0 Å². The Morgan fingerprint density at radius 3 is 2.42 bits per heavy atom. The number of benzene rings is 1. The highest BCUT2D eigenvalue weighted by atomic mass is 32.2. The second kappa shape index (κ2) is 8.02. The summed E-state index contributed by atoms with van der Waals surface area (Å²) in [5, 5.41) is 2.27. The summed E-state index contributed by atoms with van der Waals surface area (Å²) in [6, 6.07) is 1.09. The average Bonchev–Trinajstić information content (AvgIpc) is 2.87. The van der Waals surface area contributed by atoms with Crippen molar-refractivity contribution < 1.29 is 26.7 Å². The average molecular weight is 389 g/mol. The number of anilines is 1. The molecule has 0 saturated heterocycles. The Balaban J connectivity index is 2.40. The van der Waals surface area contributed by atoms with E-state index in [0.717, 1.165) is 0 Å². The van der Waals surface area contributed by atoms with E-state index in [9.17, 15) is 26.7 Å². The normalized spacial score (nSPS) is 13.5. The van der Waals surface area contributed by atoms with Gasteiger partial charge in [0, 0.05) is 42.7 Å². The molecule has 0 aliphatic rings. The standard InChI is InChI=1S/C16H18F3N3O3S/c1-8(20)3-4-10-13(26(24)25)7-22(2)15(10)16(23)21-9-5-11(17)14(19)12(18)6-9/h5-8H,3-4,20H2,1-2H3,(H,21,23)(H,24,25)/t8-/m0/s1. The molecule has 6 nitrogen and oxygen atoms in total. The van der Waals surface area contributed by atoms with Gasteiger partial charge in [-0.3, -0.25) is 4.79 Å². The number of rotatable bonds is 6. The van der Waals surface area contributed by atoms with E-state index >= 15 is 0 Å². The van der Waals surface area contributed by atoms with Crippen LogP contribution in [0.3, 0.4) is 0 Å². The van der Waals surface area contributed by atoms with Crippen LogP contribution in [-0.2, 0) is 24.5 Å². The van der Waals surface area contributed by atoms with Crippen molar-refractivity contribution >= 4 is 22.7 Å². The van der Waals surface area contributed by atoms with Gasteiger partial charge in [0.1, 0.15) is 5.69 Å². The summed E-state index contributed by atoms with van der Waals surface area (Å²) in [5.74, 6) is -5.28. The van der Waals surface area contributed by atoms with Gasteiger partial charge in [-0.1, -0.05) is 0 Å². The van der Waals surface area contributed by atoms with Crippen LogP contribution in [0.15, 0.2) is 23.2 Å². The second-order valence-electron chi connectivity index (χ2n) is 5.90. The number of nitrogens with two attached hydrogens (primary N) is 1. The number of hydrogen-bond donors (Lipinski definition) is 3. The van der Waals surface area contributed by atoms with Crippen LogP contribution in [-0.4, -0.2) is 25.3 Å². The summed E-state index contributed by atoms with van der Waals surface area (Å²) < 4.78 is 62.0. The van der Waals surface area contributed by atoms with Gasteiger partial charge in [0.2, 0.25) is 0 Å². The van der Waals surface area contributed by atoms with E-state index in [0.29, 0.717) is 24.1 Å². The smallest absolute Gasteiger partial charge is 0.272 e. The van der Waals surface area contributed by atoms with E-state index in [1.165, 1.54) is 17.8 Å². The molecule has 2 aromatic rings. The number of halogens is 3. The number of aryl methyl sites for hydroxylation is 1. The third kappa shape index (κ3) is 4.32. The van der Waals surface area contributed by atoms with Crippen LogP contribution in [0.2, 0.25) is 0 Å². The van der Waals surface area contributed by atoms with Crippen molar-refractivity contribution in [1.82, 2.24) is 4.57 Å². The van der Waals surface area contributed by atoms with E-state index in [-0.39, 0.29) is 28.7 Å². The van der Waals surface area contributed by atoms with Gasteiger partial charge in [-0.15, -0.1) is 0 Å². The lowest BCUT2D eigenvalue weighted by molar-refractivity contribution is 0.101. The largest absolute Gasteiger partial charge is 0.345 e. The monoisotopic (exact) mass is 389 g/mol. The van der Waals surface area contributed by atoms with Gasteiger partial charge in [0.05, 0.1) is 4.90 Å². The van der Waals surface area contributed by atoms with Crippen molar-refractivity contribution in [3.63, 3.8) is 0 Å². The first-order valence-corrected chi connectivity index (χ1v) is 8.73. The molecule has 0 fully saturated rings. The molecular formula is C16H18F3N3O3S. The number of carbonyl (C=O) groups excluding carboxylic acids is 1. The summed E-state index contributed by atoms with van der Waals surface area (Å²) in [4.78, 5) is 12.6. The summed E-state index contributed by atoms with van der Waals surface area (Å²) >= 11 is -2.33. The molecule has 1 aromatic heterocycles. The topological polar surface area (TPSA) is 97.3 Å². The molecule has 26 heavy (non-hydrogen) atoms. The summed E-state index contributed by atoms with van der Waals surface area (Å²) in [5.41, 5.74) is 5.79. The zero-order valence-corrected chi connectivity index (χ0v) is 14.9. The Morgan fingerprint density at radius 1 is 1.35 bits per heavy atom. The summed E-state index contributed by atoms with van der Waals surface area (Å²) in [6.07, 6.45) is 2.04. The Morgan fingerprint density at radius 2 is 1.92 bits per heavy atom. The van der Waals surface area contributed by atoms with Crippen molar-refractivity contribution in [2.75, 3.05) is 5.32 Å². The van der Waals surface area contributed by atoms with Gasteiger partial charge in [-0.2, -0.15) is 0 Å². The molecular weight excluding hydrogens is 371 g/mol. The molecule has 142 valence electrons. The van der Waals surface area contributed by atoms with Gasteiger partial charge in [0.15, 0.2) is 28.5 Å². The summed E-state index contributed by atoms with van der Waals surface area (Å²) in [7, 11) is 1.49. The van der Waals surface area contributed by atoms with Crippen LogP contribution >= 0.6 is 0 Å². The van der Waals surface area contributed by atoms with Crippen molar-refractivity contribution in [2.45, 2.75) is 30.7 Å². The molecule has 1 heterocycles. The summed E-state index contributed by atoms with van der Waals surface area (Å²) in [6.45, 7) is 1.75. The maximum Gasteiger partial charge on any atom is 0.272 e. The molecule has 2 rings (SSSR count). The molecule has 2 atom stereocenters. The number of carbonyl (C=O) groups is 1. The first kappa shape index (κ1) is 20.1. The number of aromatic nitrogens is 1. The molecule has 1 aromatic carbocycles. The van der Waals surface area contributed by atoms with E-state index in [2.05, 4.69) is 5.32 Å². The highest BCUT2D eigenvalue weighted by Crippen LogP contribution is 2.24. The Labute approximate surface area is 150 Å². The SMILES string of the molecule is C[C@H](N)CCc1c(S(=O)O)cn(C)c1C(=O)Nc1cc(F)c(F)c(F)c1. The minimum atomic E-state index is -2.33. The van der Waals surface area contributed by atoms with Gasteiger partial charge in [-0.25, -0.2) is 17.4 Å². The van der Waals surface area contributed by atoms with E-state index in [4.69, 9.17) is 5.73 Å². The fourth-order valence-electron chi connectivity index (χ4n) is 2.53. The molecule has 1 unspecified atom stereocenters. The van der Waals surface area contributed by atoms with Crippen LogP contribution in [0.4, 0.5) is 18.9 Å². The fraction of sp³-hybridized carbons (Fsp3) is 0.312. The molecule has 10 heteroatoms. The third-order valence-electron chi connectivity index (χ3n) is 3.74. The van der Waals surface area contributed by atoms with Gasteiger partial charge in [-0.05, 0) is 19.8 Å². The van der Waals surface area contributed by atoms with Gasteiger partial charge < -0.3 is 20.2 Å². The van der Waals surface area contributed by atoms with Crippen LogP contribution in [0, 0.1) is 17.5 Å². The number of nitrogens with zero attached hydrogens (tertiary/aromatic N) is 1. The predicted molar refractivity (Wildman–Crippen MR) is 90.7 cm³/mol. The lowest BCUT2D eigenvalue weighted by atomic mass is 10.1.